The molecule has 0 unspecified atom stereocenters. The number of aldehydes is 1. The van der Waals surface area contributed by atoms with E-state index < -0.39 is 0 Å². The van der Waals surface area contributed by atoms with Gasteiger partial charge in [0.05, 0.1) is 14.2 Å². The molecule has 0 spiro atoms. The van der Waals surface area contributed by atoms with E-state index in [-0.39, 0.29) is 0 Å². The standard InChI is InChI=1S/C14H16O3/c1-10(2)5-6-11-7-13(16-3)14(17-4)8-12(11)9-15/h5-9H,1H2,2-4H3/b6-5+. The Morgan fingerprint density at radius 1 is 1.18 bits per heavy atom. The molecule has 90 valence electrons. The van der Waals surface area contributed by atoms with Crippen molar-refractivity contribution in [3.8, 4) is 11.5 Å². The molecule has 0 aromatic heterocycles. The quantitative estimate of drug-likeness (QED) is 0.578. The predicted octanol–water partition coefficient (Wildman–Crippen LogP) is 3.11. The Hall–Kier alpha value is -2.03. The van der Waals surface area contributed by atoms with Gasteiger partial charge in [-0.2, -0.15) is 0 Å². The van der Waals surface area contributed by atoms with Crippen molar-refractivity contribution in [2.24, 2.45) is 0 Å². The summed E-state index contributed by atoms with van der Waals surface area (Å²) in [6.07, 6.45) is 4.46. The lowest BCUT2D eigenvalue weighted by molar-refractivity contribution is 0.112. The second-order valence-corrected chi connectivity index (χ2v) is 3.63. The van der Waals surface area contributed by atoms with Gasteiger partial charge in [0, 0.05) is 5.56 Å². The van der Waals surface area contributed by atoms with Gasteiger partial charge in [-0.1, -0.05) is 24.3 Å². The van der Waals surface area contributed by atoms with Crippen LogP contribution in [0.5, 0.6) is 11.5 Å². The van der Waals surface area contributed by atoms with Gasteiger partial charge in [0.15, 0.2) is 17.8 Å². The maximum absolute atomic E-state index is 11.0. The Morgan fingerprint density at radius 3 is 2.12 bits per heavy atom. The van der Waals surface area contributed by atoms with Gasteiger partial charge in [-0.05, 0) is 24.6 Å². The zero-order valence-corrected chi connectivity index (χ0v) is 10.3. The minimum Gasteiger partial charge on any atom is -0.493 e. The Kier molecular flexibility index (Phi) is 4.52. The van der Waals surface area contributed by atoms with Crippen molar-refractivity contribution in [1.29, 1.82) is 0 Å². The molecular formula is C14H16O3. The topological polar surface area (TPSA) is 35.5 Å². The molecule has 0 aliphatic carbocycles. The number of ether oxygens (including phenoxy) is 2. The summed E-state index contributed by atoms with van der Waals surface area (Å²) in [5.41, 5.74) is 2.25. The summed E-state index contributed by atoms with van der Waals surface area (Å²) in [4.78, 5) is 11.0. The molecule has 0 atom stereocenters. The molecule has 17 heavy (non-hydrogen) atoms. The number of methoxy groups -OCH3 is 2. The average molecular weight is 232 g/mol. The summed E-state index contributed by atoms with van der Waals surface area (Å²) in [5.74, 6) is 1.14. The minimum atomic E-state index is 0.544. The van der Waals surface area contributed by atoms with Crippen molar-refractivity contribution < 1.29 is 14.3 Å². The molecule has 0 radical (unpaired) electrons. The minimum absolute atomic E-state index is 0.544. The van der Waals surface area contributed by atoms with E-state index in [4.69, 9.17) is 9.47 Å². The van der Waals surface area contributed by atoms with E-state index in [0.717, 1.165) is 17.4 Å². The van der Waals surface area contributed by atoms with E-state index in [0.29, 0.717) is 17.1 Å². The average Bonchev–Trinajstić information content (AvgIpc) is 2.34. The molecule has 0 fully saturated rings. The molecule has 0 aliphatic rings. The molecule has 1 aromatic rings. The third kappa shape index (κ3) is 3.21. The van der Waals surface area contributed by atoms with Crippen LogP contribution in [-0.2, 0) is 0 Å². The van der Waals surface area contributed by atoms with Crippen LogP contribution in [0.25, 0.3) is 6.08 Å². The highest BCUT2D eigenvalue weighted by Gasteiger charge is 2.08. The molecule has 0 N–H and O–H groups in total. The van der Waals surface area contributed by atoms with Gasteiger partial charge >= 0.3 is 0 Å². The van der Waals surface area contributed by atoms with Crippen molar-refractivity contribution in [3.63, 3.8) is 0 Å². The highest BCUT2D eigenvalue weighted by Crippen LogP contribution is 2.30. The third-order valence-corrected chi connectivity index (χ3v) is 2.26. The molecule has 0 saturated heterocycles. The number of carbonyl (C=O) groups excluding carboxylic acids is 1. The Balaban J connectivity index is 3.28. The first kappa shape index (κ1) is 13.0. The van der Waals surface area contributed by atoms with E-state index in [1.165, 1.54) is 7.11 Å². The van der Waals surface area contributed by atoms with Crippen LogP contribution in [0, 0.1) is 0 Å². The molecule has 1 aromatic carbocycles. The monoisotopic (exact) mass is 232 g/mol. The first-order valence-corrected chi connectivity index (χ1v) is 5.17. The number of carbonyl (C=O) groups is 1. The van der Waals surface area contributed by atoms with Crippen LogP contribution >= 0.6 is 0 Å². The maximum Gasteiger partial charge on any atom is 0.161 e. The fourth-order valence-electron chi connectivity index (χ4n) is 1.39. The van der Waals surface area contributed by atoms with Crippen LogP contribution in [-0.4, -0.2) is 20.5 Å². The van der Waals surface area contributed by atoms with Crippen LogP contribution in [0.2, 0.25) is 0 Å². The van der Waals surface area contributed by atoms with E-state index in [2.05, 4.69) is 6.58 Å². The van der Waals surface area contributed by atoms with E-state index in [1.54, 1.807) is 19.2 Å². The van der Waals surface area contributed by atoms with Gasteiger partial charge in [0.25, 0.3) is 0 Å². The first-order valence-electron chi connectivity index (χ1n) is 5.17. The lowest BCUT2D eigenvalue weighted by Gasteiger charge is -2.10. The number of allylic oxidation sites excluding steroid dienone is 2. The lowest BCUT2D eigenvalue weighted by Crippen LogP contribution is -1.95. The summed E-state index contributed by atoms with van der Waals surface area (Å²) >= 11 is 0. The largest absolute Gasteiger partial charge is 0.493 e. The molecule has 0 bridgehead atoms. The van der Waals surface area contributed by atoms with Crippen LogP contribution in [0.15, 0.2) is 30.4 Å². The Bertz CT molecular complexity index is 459. The van der Waals surface area contributed by atoms with Gasteiger partial charge in [0.1, 0.15) is 0 Å². The normalized spacial score (nSPS) is 10.3. The van der Waals surface area contributed by atoms with Crippen LogP contribution < -0.4 is 9.47 Å². The SMILES string of the molecule is C=C(C)/C=C/c1cc(OC)c(OC)cc1C=O. The van der Waals surface area contributed by atoms with E-state index in [1.807, 2.05) is 19.1 Å². The Morgan fingerprint density at radius 2 is 1.71 bits per heavy atom. The first-order chi connectivity index (χ1) is 8.12. The van der Waals surface area contributed by atoms with Crippen LogP contribution in [0.4, 0.5) is 0 Å². The highest BCUT2D eigenvalue weighted by molar-refractivity contribution is 5.84. The fourth-order valence-corrected chi connectivity index (χ4v) is 1.39. The second kappa shape index (κ2) is 5.89. The summed E-state index contributed by atoms with van der Waals surface area (Å²) in [5, 5.41) is 0. The van der Waals surface area contributed by atoms with Crippen molar-refractivity contribution in [2.45, 2.75) is 6.92 Å². The number of rotatable bonds is 5. The molecule has 1 rings (SSSR count). The number of hydrogen-bond acceptors (Lipinski definition) is 3. The summed E-state index contributed by atoms with van der Waals surface area (Å²) in [6.45, 7) is 5.66. The van der Waals surface area contributed by atoms with Crippen molar-refractivity contribution in [3.05, 3.63) is 41.5 Å². The maximum atomic E-state index is 11.0. The molecule has 0 amide bonds. The lowest BCUT2D eigenvalue weighted by atomic mass is 10.1. The number of benzene rings is 1. The van der Waals surface area contributed by atoms with Crippen LogP contribution in [0.1, 0.15) is 22.8 Å². The molecule has 0 saturated carbocycles. The van der Waals surface area contributed by atoms with Crippen molar-refractivity contribution in [2.75, 3.05) is 14.2 Å². The molecular weight excluding hydrogens is 216 g/mol. The summed E-state index contributed by atoms with van der Waals surface area (Å²) in [7, 11) is 3.10. The zero-order valence-electron chi connectivity index (χ0n) is 10.3. The Labute approximate surface area is 101 Å². The fraction of sp³-hybridized carbons (Fsp3) is 0.214. The van der Waals surface area contributed by atoms with Gasteiger partial charge in [-0.15, -0.1) is 0 Å². The second-order valence-electron chi connectivity index (χ2n) is 3.63. The molecule has 0 heterocycles. The molecule has 0 aliphatic heterocycles. The van der Waals surface area contributed by atoms with Crippen molar-refractivity contribution in [1.82, 2.24) is 0 Å². The van der Waals surface area contributed by atoms with Gasteiger partial charge in [0.2, 0.25) is 0 Å². The predicted molar refractivity (Wildman–Crippen MR) is 68.8 cm³/mol. The van der Waals surface area contributed by atoms with Gasteiger partial charge in [-0.25, -0.2) is 0 Å². The summed E-state index contributed by atoms with van der Waals surface area (Å²) < 4.78 is 10.3. The zero-order chi connectivity index (χ0) is 12.8. The number of hydrogen-bond donors (Lipinski definition) is 0. The molecule has 3 heteroatoms. The third-order valence-electron chi connectivity index (χ3n) is 2.26. The van der Waals surface area contributed by atoms with Crippen LogP contribution in [0.3, 0.4) is 0 Å². The van der Waals surface area contributed by atoms with Crippen molar-refractivity contribution >= 4 is 12.4 Å². The van der Waals surface area contributed by atoms with E-state index >= 15 is 0 Å². The van der Waals surface area contributed by atoms with E-state index in [9.17, 15) is 4.79 Å². The summed E-state index contributed by atoms with van der Waals surface area (Å²) in [6, 6.07) is 3.42. The van der Waals surface area contributed by atoms with Gasteiger partial charge < -0.3 is 9.47 Å². The molecule has 3 nitrogen and oxygen atoms in total. The highest BCUT2D eigenvalue weighted by atomic mass is 16.5. The van der Waals surface area contributed by atoms with Gasteiger partial charge in [-0.3, -0.25) is 4.79 Å². The smallest absolute Gasteiger partial charge is 0.161 e.